The monoisotopic (exact) mass is 397 g/mol. The number of hydrogen-bond donors (Lipinski definition) is 3. The molecule has 2 aromatic rings. The molecule has 0 saturated carbocycles. The zero-order valence-corrected chi connectivity index (χ0v) is 17.2. The van der Waals surface area contributed by atoms with Gasteiger partial charge in [0.25, 0.3) is 5.91 Å². The van der Waals surface area contributed by atoms with Crippen molar-refractivity contribution in [3.63, 3.8) is 0 Å². The molecule has 0 fully saturated rings. The number of methoxy groups -OCH3 is 1. The molecule has 0 aromatic heterocycles. The summed E-state index contributed by atoms with van der Waals surface area (Å²) in [5.41, 5.74) is 2.67. The van der Waals surface area contributed by atoms with E-state index in [0.29, 0.717) is 16.9 Å². The summed E-state index contributed by atoms with van der Waals surface area (Å²) >= 11 is 0. The Balaban J connectivity index is 1.88. The quantitative estimate of drug-likeness (QED) is 0.669. The number of amides is 3. The predicted molar refractivity (Wildman–Crippen MR) is 113 cm³/mol. The summed E-state index contributed by atoms with van der Waals surface area (Å²) in [5, 5.41) is 7.95. The molecule has 29 heavy (non-hydrogen) atoms. The van der Waals surface area contributed by atoms with Gasteiger partial charge < -0.3 is 20.7 Å². The average Bonchev–Trinajstić information content (AvgIpc) is 2.66. The van der Waals surface area contributed by atoms with Crippen LogP contribution in [0.15, 0.2) is 48.5 Å². The van der Waals surface area contributed by atoms with Gasteiger partial charge in [0.15, 0.2) is 0 Å². The Labute approximate surface area is 170 Å². The zero-order chi connectivity index (χ0) is 21.4. The van der Waals surface area contributed by atoms with Crippen LogP contribution in [0.25, 0.3) is 0 Å². The van der Waals surface area contributed by atoms with Crippen LogP contribution in [0.2, 0.25) is 0 Å². The van der Waals surface area contributed by atoms with E-state index in [-0.39, 0.29) is 36.3 Å². The summed E-state index contributed by atoms with van der Waals surface area (Å²) < 4.78 is 4.76. The van der Waals surface area contributed by atoms with Crippen LogP contribution in [-0.4, -0.2) is 38.0 Å². The van der Waals surface area contributed by atoms with Crippen LogP contribution >= 0.6 is 0 Å². The first-order valence-corrected chi connectivity index (χ1v) is 9.26. The van der Waals surface area contributed by atoms with Gasteiger partial charge in [0, 0.05) is 24.0 Å². The third-order valence-electron chi connectivity index (χ3n) is 4.13. The molecule has 0 bridgehead atoms. The van der Waals surface area contributed by atoms with Crippen molar-refractivity contribution < 1.29 is 19.1 Å². The van der Waals surface area contributed by atoms with Crippen molar-refractivity contribution in [3.8, 4) is 0 Å². The van der Waals surface area contributed by atoms with Gasteiger partial charge in [-0.15, -0.1) is 0 Å². The second kappa shape index (κ2) is 9.84. The highest BCUT2D eigenvalue weighted by molar-refractivity contribution is 5.99. The van der Waals surface area contributed by atoms with Gasteiger partial charge in [0.05, 0.1) is 6.54 Å². The summed E-state index contributed by atoms with van der Waals surface area (Å²) in [7, 11) is 1.43. The van der Waals surface area contributed by atoms with E-state index in [1.54, 1.807) is 36.4 Å². The van der Waals surface area contributed by atoms with Crippen LogP contribution in [0.5, 0.6) is 0 Å². The van der Waals surface area contributed by atoms with Crippen LogP contribution in [0.1, 0.15) is 36.7 Å². The minimum atomic E-state index is -0.370. The van der Waals surface area contributed by atoms with Crippen molar-refractivity contribution in [1.29, 1.82) is 0 Å². The Morgan fingerprint density at radius 2 is 1.48 bits per heavy atom. The molecule has 7 nitrogen and oxygen atoms in total. The van der Waals surface area contributed by atoms with Crippen LogP contribution in [0.4, 0.5) is 11.4 Å². The Hall–Kier alpha value is -3.19. The van der Waals surface area contributed by atoms with Crippen molar-refractivity contribution in [2.45, 2.75) is 26.2 Å². The maximum atomic E-state index is 12.2. The molecule has 0 aliphatic heterocycles. The van der Waals surface area contributed by atoms with E-state index in [9.17, 15) is 14.4 Å². The maximum Gasteiger partial charge on any atom is 0.251 e. The number of rotatable bonds is 7. The van der Waals surface area contributed by atoms with Crippen molar-refractivity contribution >= 4 is 29.1 Å². The van der Waals surface area contributed by atoms with Crippen molar-refractivity contribution in [1.82, 2.24) is 5.32 Å². The molecule has 0 atom stereocenters. The Morgan fingerprint density at radius 1 is 0.897 bits per heavy atom. The largest absolute Gasteiger partial charge is 0.375 e. The van der Waals surface area contributed by atoms with E-state index >= 15 is 0 Å². The van der Waals surface area contributed by atoms with Crippen LogP contribution in [0.3, 0.4) is 0 Å². The highest BCUT2D eigenvalue weighted by Crippen LogP contribution is 2.22. The molecule has 0 spiro atoms. The molecule has 2 rings (SSSR count). The number of nitrogens with one attached hydrogen (secondary N) is 3. The second-order valence-corrected chi connectivity index (χ2v) is 7.62. The third-order valence-corrected chi connectivity index (χ3v) is 4.13. The van der Waals surface area contributed by atoms with Crippen LogP contribution in [0, 0.1) is 0 Å². The van der Waals surface area contributed by atoms with Gasteiger partial charge in [-0.05, 0) is 41.3 Å². The average molecular weight is 397 g/mol. The van der Waals surface area contributed by atoms with Crippen molar-refractivity contribution in [2.24, 2.45) is 0 Å². The fourth-order valence-electron chi connectivity index (χ4n) is 2.59. The molecular weight excluding hydrogens is 370 g/mol. The number of carbonyl (C=O) groups is 3. The lowest BCUT2D eigenvalue weighted by molar-refractivity contribution is -0.119. The smallest absolute Gasteiger partial charge is 0.251 e. The van der Waals surface area contributed by atoms with E-state index in [2.05, 4.69) is 36.7 Å². The van der Waals surface area contributed by atoms with E-state index in [4.69, 9.17) is 4.74 Å². The first-order chi connectivity index (χ1) is 13.7. The predicted octanol–water partition coefficient (Wildman–Crippen LogP) is 2.94. The lowest BCUT2D eigenvalue weighted by Gasteiger charge is -2.19. The Morgan fingerprint density at radius 3 is 2.03 bits per heavy atom. The fraction of sp³-hybridized carbons (Fsp3) is 0.318. The molecule has 3 amide bonds. The summed E-state index contributed by atoms with van der Waals surface area (Å²) in [6.45, 7) is 6.08. The van der Waals surface area contributed by atoms with Gasteiger partial charge in [-0.1, -0.05) is 39.0 Å². The number of anilines is 2. The second-order valence-electron chi connectivity index (χ2n) is 7.62. The lowest BCUT2D eigenvalue weighted by Crippen LogP contribution is -2.32. The molecule has 154 valence electrons. The lowest BCUT2D eigenvalue weighted by atomic mass is 9.87. The Kier molecular flexibility index (Phi) is 7.50. The zero-order valence-electron chi connectivity index (χ0n) is 17.2. The van der Waals surface area contributed by atoms with E-state index < -0.39 is 0 Å². The normalized spacial score (nSPS) is 10.9. The van der Waals surface area contributed by atoms with Gasteiger partial charge in [0.1, 0.15) is 6.61 Å². The molecular formula is C22H27N3O4. The fourth-order valence-corrected chi connectivity index (χ4v) is 2.59. The molecule has 3 N–H and O–H groups in total. The molecule has 0 saturated heterocycles. The van der Waals surface area contributed by atoms with Gasteiger partial charge in [-0.25, -0.2) is 0 Å². The van der Waals surface area contributed by atoms with Gasteiger partial charge in [-0.2, -0.15) is 0 Å². The Bertz CT molecular complexity index is 870. The van der Waals surface area contributed by atoms with E-state index in [0.717, 1.165) is 5.56 Å². The van der Waals surface area contributed by atoms with Crippen LogP contribution < -0.4 is 16.0 Å². The summed E-state index contributed by atoms with van der Waals surface area (Å²) in [6.07, 6.45) is 0. The first-order valence-electron chi connectivity index (χ1n) is 9.26. The molecule has 0 aliphatic carbocycles. The topological polar surface area (TPSA) is 96.5 Å². The molecule has 0 unspecified atom stereocenters. The maximum absolute atomic E-state index is 12.2. The minimum Gasteiger partial charge on any atom is -0.375 e. The van der Waals surface area contributed by atoms with E-state index in [1.165, 1.54) is 7.11 Å². The number of benzene rings is 2. The summed E-state index contributed by atoms with van der Waals surface area (Å²) in [4.78, 5) is 35.9. The number of hydrogen-bond acceptors (Lipinski definition) is 4. The van der Waals surface area contributed by atoms with Crippen molar-refractivity contribution in [2.75, 3.05) is 30.9 Å². The SMILES string of the molecule is COCC(=O)Nc1cccc(NC(=O)CNC(=O)c2ccc(C(C)(C)C)cc2)c1. The molecule has 7 heteroatoms. The first kappa shape index (κ1) is 22.1. The van der Waals surface area contributed by atoms with E-state index in [1.807, 2.05) is 12.1 Å². The molecule has 0 radical (unpaired) electrons. The van der Waals surface area contributed by atoms with Gasteiger partial charge in [0.2, 0.25) is 11.8 Å². The number of carbonyl (C=O) groups excluding carboxylic acids is 3. The van der Waals surface area contributed by atoms with Gasteiger partial charge in [-0.3, -0.25) is 14.4 Å². The highest BCUT2D eigenvalue weighted by atomic mass is 16.5. The van der Waals surface area contributed by atoms with Crippen LogP contribution in [-0.2, 0) is 19.7 Å². The number of ether oxygens (including phenoxy) is 1. The van der Waals surface area contributed by atoms with Crippen molar-refractivity contribution in [3.05, 3.63) is 59.7 Å². The third kappa shape index (κ3) is 7.04. The van der Waals surface area contributed by atoms with Gasteiger partial charge >= 0.3 is 0 Å². The highest BCUT2D eigenvalue weighted by Gasteiger charge is 2.14. The molecule has 0 heterocycles. The molecule has 2 aromatic carbocycles. The summed E-state index contributed by atoms with van der Waals surface area (Å²) in [6, 6.07) is 14.0. The standard InChI is InChI=1S/C22H27N3O4/c1-22(2,3)16-10-8-15(9-11-16)21(28)23-13-19(26)24-17-6-5-7-18(12-17)25-20(27)14-29-4/h5-12H,13-14H2,1-4H3,(H,23,28)(H,24,26)(H,25,27). The summed E-state index contributed by atoms with van der Waals surface area (Å²) in [5.74, 6) is -0.980. The molecule has 0 aliphatic rings. The minimum absolute atomic E-state index is 0.00641.